The minimum atomic E-state index is -0.347. The molecule has 1 aromatic rings. The molecule has 110 valence electrons. The molecule has 1 N–H and O–H groups in total. The van der Waals surface area contributed by atoms with E-state index >= 15 is 0 Å². The van der Waals surface area contributed by atoms with E-state index in [0.29, 0.717) is 18.2 Å². The lowest BCUT2D eigenvalue weighted by Gasteiger charge is -2.34. The smallest absolute Gasteiger partial charge is 0.176 e. The first-order chi connectivity index (χ1) is 9.70. The molecule has 0 spiro atoms. The molecule has 2 rings (SSSR count). The van der Waals surface area contributed by atoms with Gasteiger partial charge in [0.1, 0.15) is 5.82 Å². The number of nitrogens with zero attached hydrogens (tertiary/aromatic N) is 1. The number of nitrogens with one attached hydrogen (secondary N) is 1. The van der Waals surface area contributed by atoms with E-state index in [9.17, 15) is 9.18 Å². The molecular formula is C16H23FN2O. The Morgan fingerprint density at radius 3 is 2.80 bits per heavy atom. The summed E-state index contributed by atoms with van der Waals surface area (Å²) in [6.45, 7) is 5.46. The van der Waals surface area contributed by atoms with Crippen LogP contribution in [0.3, 0.4) is 0 Å². The fourth-order valence-electron chi connectivity index (χ4n) is 2.79. The lowest BCUT2D eigenvalue weighted by atomic mass is 10.0. The van der Waals surface area contributed by atoms with Crippen LogP contribution in [0.15, 0.2) is 24.3 Å². The summed E-state index contributed by atoms with van der Waals surface area (Å²) in [4.78, 5) is 14.6. The van der Waals surface area contributed by atoms with Gasteiger partial charge in [0.2, 0.25) is 0 Å². The van der Waals surface area contributed by atoms with Crippen LogP contribution < -0.4 is 5.32 Å². The molecule has 1 aromatic carbocycles. The Morgan fingerprint density at radius 1 is 1.40 bits per heavy atom. The van der Waals surface area contributed by atoms with E-state index in [2.05, 4.69) is 17.1 Å². The van der Waals surface area contributed by atoms with Gasteiger partial charge in [-0.3, -0.25) is 9.69 Å². The number of halogens is 1. The molecule has 20 heavy (non-hydrogen) atoms. The van der Waals surface area contributed by atoms with Crippen LogP contribution in [0.4, 0.5) is 4.39 Å². The number of hydrogen-bond donors (Lipinski definition) is 1. The molecule has 0 radical (unpaired) electrons. The van der Waals surface area contributed by atoms with E-state index < -0.39 is 0 Å². The van der Waals surface area contributed by atoms with Crippen molar-refractivity contribution in [1.82, 2.24) is 10.2 Å². The van der Waals surface area contributed by atoms with Gasteiger partial charge in [-0.1, -0.05) is 19.1 Å². The molecule has 1 heterocycles. The highest BCUT2D eigenvalue weighted by molar-refractivity contribution is 5.97. The maximum absolute atomic E-state index is 13.2. The Kier molecular flexibility index (Phi) is 5.68. The Morgan fingerprint density at radius 2 is 2.15 bits per heavy atom. The van der Waals surface area contributed by atoms with Crippen molar-refractivity contribution in [2.75, 3.05) is 26.2 Å². The van der Waals surface area contributed by atoms with Crippen molar-refractivity contribution in [2.45, 2.75) is 32.2 Å². The highest BCUT2D eigenvalue weighted by Gasteiger charge is 2.22. The number of rotatable bonds is 6. The summed E-state index contributed by atoms with van der Waals surface area (Å²) in [7, 11) is 0. The van der Waals surface area contributed by atoms with Gasteiger partial charge in [0.15, 0.2) is 5.78 Å². The van der Waals surface area contributed by atoms with Crippen molar-refractivity contribution >= 4 is 5.78 Å². The standard InChI is InChI=1S/C16H23FN2O/c1-2-10-19(15-6-8-18-9-7-15)12-16(20)13-4-3-5-14(17)11-13/h3-5,11,15,18H,2,6-10,12H2,1H3. The maximum atomic E-state index is 13.2. The normalized spacial score (nSPS) is 16.6. The summed E-state index contributed by atoms with van der Waals surface area (Å²) in [5, 5.41) is 3.34. The van der Waals surface area contributed by atoms with Crippen molar-refractivity contribution in [2.24, 2.45) is 0 Å². The minimum Gasteiger partial charge on any atom is -0.317 e. The zero-order valence-electron chi connectivity index (χ0n) is 12.1. The molecule has 1 aliphatic rings. The third-order valence-electron chi connectivity index (χ3n) is 3.83. The second-order valence-electron chi connectivity index (χ2n) is 5.39. The number of benzene rings is 1. The van der Waals surface area contributed by atoms with Crippen molar-refractivity contribution in [3.8, 4) is 0 Å². The van der Waals surface area contributed by atoms with Gasteiger partial charge in [0, 0.05) is 11.6 Å². The van der Waals surface area contributed by atoms with E-state index in [-0.39, 0.29) is 11.6 Å². The van der Waals surface area contributed by atoms with Crippen LogP contribution in [0.5, 0.6) is 0 Å². The highest BCUT2D eigenvalue weighted by Crippen LogP contribution is 2.14. The molecule has 0 aliphatic carbocycles. The first-order valence-corrected chi connectivity index (χ1v) is 7.44. The molecule has 0 saturated carbocycles. The second-order valence-corrected chi connectivity index (χ2v) is 5.39. The van der Waals surface area contributed by atoms with Crippen LogP contribution in [-0.4, -0.2) is 42.9 Å². The Hall–Kier alpha value is -1.26. The quantitative estimate of drug-likeness (QED) is 0.811. The van der Waals surface area contributed by atoms with Crippen LogP contribution >= 0.6 is 0 Å². The molecule has 1 aliphatic heterocycles. The van der Waals surface area contributed by atoms with Crippen LogP contribution in [0.2, 0.25) is 0 Å². The van der Waals surface area contributed by atoms with Crippen LogP contribution in [0.1, 0.15) is 36.5 Å². The molecular weight excluding hydrogens is 255 g/mol. The fourth-order valence-corrected chi connectivity index (χ4v) is 2.79. The summed E-state index contributed by atoms with van der Waals surface area (Å²) < 4.78 is 13.2. The molecule has 0 atom stereocenters. The van der Waals surface area contributed by atoms with Gasteiger partial charge >= 0.3 is 0 Å². The van der Waals surface area contributed by atoms with Crippen LogP contribution in [-0.2, 0) is 0 Å². The van der Waals surface area contributed by atoms with E-state index in [1.807, 2.05) is 0 Å². The third kappa shape index (κ3) is 4.12. The monoisotopic (exact) mass is 278 g/mol. The van der Waals surface area contributed by atoms with Crippen molar-refractivity contribution < 1.29 is 9.18 Å². The van der Waals surface area contributed by atoms with Crippen LogP contribution in [0.25, 0.3) is 0 Å². The Bertz CT molecular complexity index is 444. The second kappa shape index (κ2) is 7.50. The SMILES string of the molecule is CCCN(CC(=O)c1cccc(F)c1)C1CCNCC1. The van der Waals surface area contributed by atoms with Gasteiger partial charge in [-0.25, -0.2) is 4.39 Å². The predicted molar refractivity (Wildman–Crippen MR) is 78.5 cm³/mol. The molecule has 0 unspecified atom stereocenters. The summed E-state index contributed by atoms with van der Waals surface area (Å²) >= 11 is 0. The average Bonchev–Trinajstić information content (AvgIpc) is 2.47. The molecule has 0 bridgehead atoms. The van der Waals surface area contributed by atoms with Gasteiger partial charge in [-0.15, -0.1) is 0 Å². The minimum absolute atomic E-state index is 0.0106. The molecule has 1 saturated heterocycles. The number of carbonyl (C=O) groups is 1. The Balaban J connectivity index is 2.01. The van der Waals surface area contributed by atoms with Gasteiger partial charge in [-0.05, 0) is 51.0 Å². The molecule has 0 amide bonds. The maximum Gasteiger partial charge on any atom is 0.176 e. The lowest BCUT2D eigenvalue weighted by molar-refractivity contribution is 0.0864. The van der Waals surface area contributed by atoms with E-state index in [4.69, 9.17) is 0 Å². The van der Waals surface area contributed by atoms with Crippen molar-refractivity contribution in [3.05, 3.63) is 35.6 Å². The van der Waals surface area contributed by atoms with Gasteiger partial charge in [-0.2, -0.15) is 0 Å². The van der Waals surface area contributed by atoms with Crippen LogP contribution in [0, 0.1) is 5.82 Å². The lowest BCUT2D eigenvalue weighted by Crippen LogP contribution is -2.45. The molecule has 1 fully saturated rings. The average molecular weight is 278 g/mol. The number of piperidine rings is 1. The van der Waals surface area contributed by atoms with E-state index in [1.165, 1.54) is 12.1 Å². The van der Waals surface area contributed by atoms with Gasteiger partial charge in [0.25, 0.3) is 0 Å². The van der Waals surface area contributed by atoms with Gasteiger partial charge in [0.05, 0.1) is 6.54 Å². The summed E-state index contributed by atoms with van der Waals surface area (Å²) in [5.41, 5.74) is 0.472. The first kappa shape index (κ1) is 15.1. The van der Waals surface area contributed by atoms with E-state index in [0.717, 1.165) is 38.9 Å². The first-order valence-electron chi connectivity index (χ1n) is 7.44. The predicted octanol–water partition coefficient (Wildman–Crippen LogP) is 2.47. The number of Topliss-reactive ketones (excluding diaryl/α,β-unsaturated/α-hetero) is 1. The summed E-state index contributed by atoms with van der Waals surface area (Å²) in [6, 6.07) is 6.45. The zero-order valence-corrected chi connectivity index (χ0v) is 12.1. The van der Waals surface area contributed by atoms with Crippen molar-refractivity contribution in [3.63, 3.8) is 0 Å². The summed E-state index contributed by atoms with van der Waals surface area (Å²) in [6.07, 6.45) is 3.19. The fraction of sp³-hybridized carbons (Fsp3) is 0.562. The topological polar surface area (TPSA) is 32.3 Å². The molecule has 0 aromatic heterocycles. The number of ketones is 1. The highest BCUT2D eigenvalue weighted by atomic mass is 19.1. The van der Waals surface area contributed by atoms with Crippen molar-refractivity contribution in [1.29, 1.82) is 0 Å². The number of hydrogen-bond acceptors (Lipinski definition) is 3. The Labute approximate surface area is 120 Å². The molecule has 3 nitrogen and oxygen atoms in total. The zero-order chi connectivity index (χ0) is 14.4. The third-order valence-corrected chi connectivity index (χ3v) is 3.83. The molecule has 4 heteroatoms. The van der Waals surface area contributed by atoms with E-state index in [1.54, 1.807) is 12.1 Å². The van der Waals surface area contributed by atoms with Gasteiger partial charge < -0.3 is 5.32 Å². The number of carbonyl (C=O) groups excluding carboxylic acids is 1. The summed E-state index contributed by atoms with van der Waals surface area (Å²) in [5.74, 6) is -0.337. The largest absolute Gasteiger partial charge is 0.317 e.